The van der Waals surface area contributed by atoms with Crippen molar-refractivity contribution in [2.45, 2.75) is 39.8 Å². The third kappa shape index (κ3) is 3.01. The van der Waals surface area contributed by atoms with Crippen molar-refractivity contribution in [1.29, 1.82) is 0 Å². The van der Waals surface area contributed by atoms with Gasteiger partial charge in [0.2, 0.25) is 0 Å². The molecule has 0 aliphatic rings. The minimum Gasteiger partial charge on any atom is -0.487 e. The van der Waals surface area contributed by atoms with Gasteiger partial charge in [0.25, 0.3) is 0 Å². The molecule has 1 heterocycles. The molecule has 0 N–H and O–H groups in total. The van der Waals surface area contributed by atoms with Crippen molar-refractivity contribution in [3.05, 3.63) is 45.2 Å². The molecule has 2 rings (SSSR count). The first kappa shape index (κ1) is 15.4. The minimum atomic E-state index is 0.449. The standard InChI is InChI=1S/C15H18BrClN2O/c1-4-19-13(14(16)11(3)18-19)9-20-15-10(2)6-5-7-12(15)8-17/h5-7H,4,8-9H2,1-3H3. The van der Waals surface area contributed by atoms with E-state index in [1.54, 1.807) is 0 Å². The van der Waals surface area contributed by atoms with E-state index in [9.17, 15) is 0 Å². The summed E-state index contributed by atoms with van der Waals surface area (Å²) in [5.74, 6) is 1.32. The molecule has 1 aromatic heterocycles. The van der Waals surface area contributed by atoms with E-state index in [0.717, 1.165) is 39.3 Å². The summed E-state index contributed by atoms with van der Waals surface area (Å²) in [6.07, 6.45) is 0. The average molecular weight is 358 g/mol. The number of rotatable bonds is 5. The van der Waals surface area contributed by atoms with Gasteiger partial charge in [-0.3, -0.25) is 4.68 Å². The SMILES string of the molecule is CCn1nc(C)c(Br)c1COc1c(C)cccc1CCl. The zero-order valence-corrected chi connectivity index (χ0v) is 14.3. The van der Waals surface area contributed by atoms with Crippen molar-refractivity contribution < 1.29 is 4.74 Å². The van der Waals surface area contributed by atoms with E-state index in [2.05, 4.69) is 28.0 Å². The van der Waals surface area contributed by atoms with Gasteiger partial charge in [0.05, 0.1) is 21.7 Å². The van der Waals surface area contributed by atoms with Gasteiger partial charge in [-0.2, -0.15) is 5.10 Å². The lowest BCUT2D eigenvalue weighted by molar-refractivity contribution is 0.287. The topological polar surface area (TPSA) is 27.1 Å². The minimum absolute atomic E-state index is 0.449. The van der Waals surface area contributed by atoms with E-state index in [0.29, 0.717) is 12.5 Å². The van der Waals surface area contributed by atoms with Crippen LogP contribution in [0.25, 0.3) is 0 Å². The first-order valence-electron chi connectivity index (χ1n) is 6.57. The quantitative estimate of drug-likeness (QED) is 0.731. The fourth-order valence-corrected chi connectivity index (χ4v) is 2.78. The molecule has 5 heteroatoms. The summed E-state index contributed by atoms with van der Waals surface area (Å²) in [5, 5.41) is 4.47. The van der Waals surface area contributed by atoms with Crippen LogP contribution in [0.15, 0.2) is 22.7 Å². The second-order valence-electron chi connectivity index (χ2n) is 4.65. The van der Waals surface area contributed by atoms with Gasteiger partial charge in [-0.15, -0.1) is 11.6 Å². The van der Waals surface area contributed by atoms with Gasteiger partial charge in [-0.25, -0.2) is 0 Å². The largest absolute Gasteiger partial charge is 0.487 e. The Kier molecular flexibility index (Phi) is 5.11. The van der Waals surface area contributed by atoms with Crippen molar-refractivity contribution in [3.8, 4) is 5.75 Å². The molecule has 0 amide bonds. The molecule has 0 saturated carbocycles. The van der Waals surface area contributed by atoms with E-state index in [-0.39, 0.29) is 0 Å². The number of benzene rings is 1. The molecule has 0 atom stereocenters. The molecule has 0 aliphatic heterocycles. The molecule has 0 bridgehead atoms. The van der Waals surface area contributed by atoms with Crippen LogP contribution in [0, 0.1) is 13.8 Å². The first-order chi connectivity index (χ1) is 9.58. The molecule has 3 nitrogen and oxygen atoms in total. The highest BCUT2D eigenvalue weighted by atomic mass is 79.9. The number of hydrogen-bond acceptors (Lipinski definition) is 2. The van der Waals surface area contributed by atoms with Gasteiger partial charge in [0.15, 0.2) is 0 Å². The second kappa shape index (κ2) is 6.64. The van der Waals surface area contributed by atoms with Crippen LogP contribution in [0.1, 0.15) is 29.4 Å². The number of alkyl halides is 1. The summed E-state index contributed by atoms with van der Waals surface area (Å²) in [5.41, 5.74) is 4.14. The maximum Gasteiger partial charge on any atom is 0.131 e. The zero-order chi connectivity index (χ0) is 14.7. The molecule has 0 unspecified atom stereocenters. The summed E-state index contributed by atoms with van der Waals surface area (Å²) in [7, 11) is 0. The van der Waals surface area contributed by atoms with Crippen molar-refractivity contribution >= 4 is 27.5 Å². The van der Waals surface area contributed by atoms with Crippen LogP contribution in [0.3, 0.4) is 0 Å². The van der Waals surface area contributed by atoms with E-state index < -0.39 is 0 Å². The fourth-order valence-electron chi connectivity index (χ4n) is 2.17. The molecule has 0 spiro atoms. The number of aryl methyl sites for hydroxylation is 3. The number of nitrogens with zero attached hydrogens (tertiary/aromatic N) is 2. The molecule has 108 valence electrons. The van der Waals surface area contributed by atoms with Crippen molar-refractivity contribution in [2.75, 3.05) is 0 Å². The smallest absolute Gasteiger partial charge is 0.131 e. The maximum absolute atomic E-state index is 6.01. The Bertz CT molecular complexity index is 610. The first-order valence-corrected chi connectivity index (χ1v) is 7.90. The molecular weight excluding hydrogens is 340 g/mol. The highest BCUT2D eigenvalue weighted by Gasteiger charge is 2.14. The highest BCUT2D eigenvalue weighted by Crippen LogP contribution is 2.28. The van der Waals surface area contributed by atoms with Crippen LogP contribution in [0.5, 0.6) is 5.75 Å². The lowest BCUT2D eigenvalue weighted by Crippen LogP contribution is -2.08. The van der Waals surface area contributed by atoms with Gasteiger partial charge >= 0.3 is 0 Å². The Morgan fingerprint density at radius 1 is 1.35 bits per heavy atom. The summed E-state index contributed by atoms with van der Waals surface area (Å²) in [6.45, 7) is 7.38. The Hall–Kier alpha value is -1.00. The fraction of sp³-hybridized carbons (Fsp3) is 0.400. The summed E-state index contributed by atoms with van der Waals surface area (Å²) in [4.78, 5) is 0. The zero-order valence-electron chi connectivity index (χ0n) is 11.9. The van der Waals surface area contributed by atoms with Gasteiger partial charge in [-0.1, -0.05) is 18.2 Å². The van der Waals surface area contributed by atoms with Crippen molar-refractivity contribution in [3.63, 3.8) is 0 Å². The third-order valence-corrected chi connectivity index (χ3v) is 4.56. The Morgan fingerprint density at radius 2 is 2.10 bits per heavy atom. The van der Waals surface area contributed by atoms with Crippen LogP contribution in [-0.4, -0.2) is 9.78 Å². The van der Waals surface area contributed by atoms with Gasteiger partial charge in [0.1, 0.15) is 12.4 Å². The average Bonchev–Trinajstić information content (AvgIpc) is 2.72. The predicted molar refractivity (Wildman–Crippen MR) is 85.4 cm³/mol. The number of aromatic nitrogens is 2. The Balaban J connectivity index is 2.25. The van der Waals surface area contributed by atoms with Crippen molar-refractivity contribution in [1.82, 2.24) is 9.78 Å². The van der Waals surface area contributed by atoms with Crippen LogP contribution < -0.4 is 4.74 Å². The number of hydrogen-bond donors (Lipinski definition) is 0. The number of ether oxygens (including phenoxy) is 1. The molecular formula is C15H18BrClN2O. The molecule has 0 aliphatic carbocycles. The molecule has 20 heavy (non-hydrogen) atoms. The van der Waals surface area contributed by atoms with Crippen LogP contribution >= 0.6 is 27.5 Å². The Morgan fingerprint density at radius 3 is 2.75 bits per heavy atom. The lowest BCUT2D eigenvalue weighted by Gasteiger charge is -2.13. The monoisotopic (exact) mass is 356 g/mol. The van der Waals surface area contributed by atoms with E-state index in [4.69, 9.17) is 16.3 Å². The van der Waals surface area contributed by atoms with E-state index in [1.807, 2.05) is 36.7 Å². The van der Waals surface area contributed by atoms with Crippen molar-refractivity contribution in [2.24, 2.45) is 0 Å². The van der Waals surface area contributed by atoms with Crippen LogP contribution in [-0.2, 0) is 19.0 Å². The number of halogens is 2. The molecule has 0 saturated heterocycles. The molecule has 0 radical (unpaired) electrons. The predicted octanol–water partition coefficient (Wildman–Crippen LogP) is 4.60. The van der Waals surface area contributed by atoms with Gasteiger partial charge < -0.3 is 4.74 Å². The van der Waals surface area contributed by atoms with Crippen LogP contribution in [0.2, 0.25) is 0 Å². The van der Waals surface area contributed by atoms with E-state index >= 15 is 0 Å². The third-order valence-electron chi connectivity index (χ3n) is 3.24. The summed E-state index contributed by atoms with van der Waals surface area (Å²) >= 11 is 9.55. The number of para-hydroxylation sites is 1. The van der Waals surface area contributed by atoms with Crippen LogP contribution in [0.4, 0.5) is 0 Å². The molecule has 1 aromatic carbocycles. The maximum atomic E-state index is 6.01. The van der Waals surface area contributed by atoms with Gasteiger partial charge in [0, 0.05) is 12.1 Å². The van der Waals surface area contributed by atoms with Gasteiger partial charge in [-0.05, 0) is 42.3 Å². The summed E-state index contributed by atoms with van der Waals surface area (Å²) < 4.78 is 8.98. The molecule has 0 fully saturated rings. The summed E-state index contributed by atoms with van der Waals surface area (Å²) in [6, 6.07) is 6.02. The van der Waals surface area contributed by atoms with E-state index in [1.165, 1.54) is 0 Å². The normalized spacial score (nSPS) is 10.8. The Labute approximate surface area is 133 Å². The second-order valence-corrected chi connectivity index (χ2v) is 5.71. The highest BCUT2D eigenvalue weighted by molar-refractivity contribution is 9.10. The lowest BCUT2D eigenvalue weighted by atomic mass is 10.1. The molecule has 2 aromatic rings.